The van der Waals surface area contributed by atoms with Gasteiger partial charge in [0.15, 0.2) is 0 Å². The van der Waals surface area contributed by atoms with Crippen LogP contribution in [0.3, 0.4) is 0 Å². The second-order valence-electron chi connectivity index (χ2n) is 3.28. The van der Waals surface area contributed by atoms with E-state index in [2.05, 4.69) is 4.98 Å². The van der Waals surface area contributed by atoms with Crippen molar-refractivity contribution in [3.63, 3.8) is 0 Å². The van der Waals surface area contributed by atoms with Crippen LogP contribution in [0.5, 0.6) is 5.88 Å². The van der Waals surface area contributed by atoms with Gasteiger partial charge in [-0.1, -0.05) is 0 Å². The van der Waals surface area contributed by atoms with Crippen molar-refractivity contribution < 1.29 is 19.6 Å². The minimum Gasteiger partial charge on any atom is -0.478 e. The first-order chi connectivity index (χ1) is 7.41. The molecule has 0 aliphatic heterocycles. The first-order valence-electron chi connectivity index (χ1n) is 4.46. The van der Waals surface area contributed by atoms with Gasteiger partial charge in [-0.3, -0.25) is 10.1 Å². The maximum absolute atomic E-state index is 10.7. The molecule has 1 aromatic heterocycles. The van der Waals surface area contributed by atoms with Crippen LogP contribution in [-0.4, -0.2) is 27.1 Å². The van der Waals surface area contributed by atoms with Crippen molar-refractivity contribution in [2.24, 2.45) is 0 Å². The summed E-state index contributed by atoms with van der Waals surface area (Å²) in [4.78, 5) is 24.2. The van der Waals surface area contributed by atoms with E-state index in [1.807, 2.05) is 0 Å². The molecular weight excluding hydrogens is 216 g/mol. The van der Waals surface area contributed by atoms with Gasteiger partial charge in [0.1, 0.15) is 0 Å². The van der Waals surface area contributed by atoms with Gasteiger partial charge < -0.3 is 9.84 Å². The molecule has 0 bridgehead atoms. The molecule has 0 radical (unpaired) electrons. The fraction of sp³-hybridized carbons (Fsp3) is 0.333. The summed E-state index contributed by atoms with van der Waals surface area (Å²) in [6, 6.07) is 0.924. The highest BCUT2D eigenvalue weighted by Gasteiger charge is 2.20. The molecule has 7 nitrogen and oxygen atoms in total. The Kier molecular flexibility index (Phi) is 3.39. The van der Waals surface area contributed by atoms with E-state index in [-0.39, 0.29) is 17.5 Å². The van der Waals surface area contributed by atoms with Gasteiger partial charge in [-0.2, -0.15) is 0 Å². The van der Waals surface area contributed by atoms with E-state index >= 15 is 0 Å². The number of aromatic carboxylic acids is 1. The molecule has 0 atom stereocenters. The summed E-state index contributed by atoms with van der Waals surface area (Å²) in [5, 5.41) is 19.3. The lowest BCUT2D eigenvalue weighted by molar-refractivity contribution is -0.386. The van der Waals surface area contributed by atoms with Crippen LogP contribution in [0.2, 0.25) is 0 Å². The molecule has 1 aromatic rings. The molecule has 0 spiro atoms. The number of nitro groups is 1. The van der Waals surface area contributed by atoms with Crippen LogP contribution in [0.25, 0.3) is 0 Å². The summed E-state index contributed by atoms with van der Waals surface area (Å²) in [5.74, 6) is -1.45. The van der Waals surface area contributed by atoms with Gasteiger partial charge in [0.25, 0.3) is 5.88 Å². The van der Waals surface area contributed by atoms with Crippen molar-refractivity contribution in [1.29, 1.82) is 0 Å². The summed E-state index contributed by atoms with van der Waals surface area (Å²) in [5.41, 5.74) is -0.698. The van der Waals surface area contributed by atoms with E-state index in [9.17, 15) is 14.9 Å². The zero-order valence-corrected chi connectivity index (χ0v) is 8.71. The Morgan fingerprint density at radius 3 is 2.69 bits per heavy atom. The Hall–Kier alpha value is -2.18. The Balaban J connectivity index is 3.19. The maximum atomic E-state index is 10.7. The number of carbonyl (C=O) groups is 1. The first kappa shape index (κ1) is 11.9. The third kappa shape index (κ3) is 2.66. The van der Waals surface area contributed by atoms with Gasteiger partial charge in [0, 0.05) is 12.3 Å². The monoisotopic (exact) mass is 226 g/mol. The number of nitrogens with zero attached hydrogens (tertiary/aromatic N) is 2. The minimum absolute atomic E-state index is 0.176. The second kappa shape index (κ2) is 4.56. The SMILES string of the molecule is CC(C)Oc1ncc(C(=O)O)cc1[N+](=O)[O-]. The molecule has 7 heteroatoms. The summed E-state index contributed by atoms with van der Waals surface area (Å²) in [6.45, 7) is 3.38. The van der Waals surface area contributed by atoms with Crippen LogP contribution < -0.4 is 4.74 Å². The van der Waals surface area contributed by atoms with E-state index in [0.29, 0.717) is 0 Å². The van der Waals surface area contributed by atoms with Gasteiger partial charge in [0.2, 0.25) is 0 Å². The number of hydrogen-bond donors (Lipinski definition) is 1. The van der Waals surface area contributed by atoms with Crippen molar-refractivity contribution in [3.8, 4) is 5.88 Å². The summed E-state index contributed by atoms with van der Waals surface area (Å²) in [6.07, 6.45) is 0.745. The average Bonchev–Trinajstić information content (AvgIpc) is 2.16. The Labute approximate surface area is 90.8 Å². The lowest BCUT2D eigenvalue weighted by atomic mass is 10.2. The fourth-order valence-corrected chi connectivity index (χ4v) is 1.00. The van der Waals surface area contributed by atoms with Crippen LogP contribution in [0.15, 0.2) is 12.3 Å². The van der Waals surface area contributed by atoms with E-state index in [0.717, 1.165) is 12.3 Å². The lowest BCUT2D eigenvalue weighted by Gasteiger charge is -2.08. The molecule has 86 valence electrons. The quantitative estimate of drug-likeness (QED) is 0.616. The molecule has 1 heterocycles. The Morgan fingerprint density at radius 2 is 2.25 bits per heavy atom. The molecule has 0 aromatic carbocycles. The normalized spacial score (nSPS) is 10.2. The largest absolute Gasteiger partial charge is 0.478 e. The molecule has 0 aliphatic carbocycles. The maximum Gasteiger partial charge on any atom is 0.337 e. The van der Waals surface area contributed by atoms with Crippen molar-refractivity contribution >= 4 is 11.7 Å². The van der Waals surface area contributed by atoms with Gasteiger partial charge in [-0.25, -0.2) is 9.78 Å². The van der Waals surface area contributed by atoms with Gasteiger partial charge in [-0.15, -0.1) is 0 Å². The number of hydrogen-bond acceptors (Lipinski definition) is 5. The summed E-state index contributed by atoms with van der Waals surface area (Å²) >= 11 is 0. The van der Waals surface area contributed by atoms with Gasteiger partial charge in [0.05, 0.1) is 16.6 Å². The van der Waals surface area contributed by atoms with Crippen molar-refractivity contribution in [2.45, 2.75) is 20.0 Å². The van der Waals surface area contributed by atoms with E-state index in [4.69, 9.17) is 9.84 Å². The van der Waals surface area contributed by atoms with E-state index < -0.39 is 16.6 Å². The molecule has 0 fully saturated rings. The standard InChI is InChI=1S/C9H10N2O5/c1-5(2)16-8-7(11(14)15)3-6(4-10-8)9(12)13/h3-5H,1-2H3,(H,12,13). The van der Waals surface area contributed by atoms with Crippen molar-refractivity contribution in [2.75, 3.05) is 0 Å². The molecule has 0 saturated carbocycles. The van der Waals surface area contributed by atoms with Crippen LogP contribution in [0, 0.1) is 10.1 Å². The second-order valence-corrected chi connectivity index (χ2v) is 3.28. The van der Waals surface area contributed by atoms with Crippen LogP contribution in [0.4, 0.5) is 5.69 Å². The zero-order chi connectivity index (χ0) is 12.3. The summed E-state index contributed by atoms with van der Waals surface area (Å²) < 4.78 is 5.10. The molecule has 16 heavy (non-hydrogen) atoms. The predicted molar refractivity (Wildman–Crippen MR) is 53.6 cm³/mol. The zero-order valence-electron chi connectivity index (χ0n) is 8.71. The molecule has 0 unspecified atom stereocenters. The average molecular weight is 226 g/mol. The lowest BCUT2D eigenvalue weighted by Crippen LogP contribution is -2.10. The molecule has 0 amide bonds. The number of ether oxygens (including phenoxy) is 1. The van der Waals surface area contributed by atoms with Crippen molar-refractivity contribution in [3.05, 3.63) is 27.9 Å². The minimum atomic E-state index is -1.27. The first-order valence-corrected chi connectivity index (χ1v) is 4.46. The van der Waals surface area contributed by atoms with Crippen molar-refractivity contribution in [1.82, 2.24) is 4.98 Å². The molecule has 0 aliphatic rings. The number of carboxylic acid groups (broad SMARTS) is 1. The number of carboxylic acids is 1. The van der Waals surface area contributed by atoms with E-state index in [1.165, 1.54) is 0 Å². The topological polar surface area (TPSA) is 103 Å². The highest BCUT2D eigenvalue weighted by atomic mass is 16.6. The van der Waals surface area contributed by atoms with Crippen LogP contribution in [-0.2, 0) is 0 Å². The Bertz CT molecular complexity index is 430. The third-order valence-corrected chi connectivity index (χ3v) is 1.62. The third-order valence-electron chi connectivity index (χ3n) is 1.62. The van der Waals surface area contributed by atoms with Crippen LogP contribution >= 0.6 is 0 Å². The van der Waals surface area contributed by atoms with Gasteiger partial charge >= 0.3 is 11.7 Å². The number of rotatable bonds is 4. The molecule has 1 N–H and O–H groups in total. The predicted octanol–water partition coefficient (Wildman–Crippen LogP) is 1.48. The van der Waals surface area contributed by atoms with Gasteiger partial charge in [-0.05, 0) is 13.8 Å². The van der Waals surface area contributed by atoms with E-state index in [1.54, 1.807) is 13.8 Å². The number of aromatic nitrogens is 1. The molecular formula is C9H10N2O5. The highest BCUT2D eigenvalue weighted by molar-refractivity contribution is 5.88. The smallest absolute Gasteiger partial charge is 0.337 e. The highest BCUT2D eigenvalue weighted by Crippen LogP contribution is 2.25. The van der Waals surface area contributed by atoms with Crippen LogP contribution in [0.1, 0.15) is 24.2 Å². The molecule has 1 rings (SSSR count). The Morgan fingerprint density at radius 1 is 1.62 bits per heavy atom. The number of pyridine rings is 1. The summed E-state index contributed by atoms with van der Waals surface area (Å²) in [7, 11) is 0. The fourth-order valence-electron chi connectivity index (χ4n) is 1.00. The molecule has 0 saturated heterocycles.